The first-order valence-corrected chi connectivity index (χ1v) is 13.3. The van der Waals surface area contributed by atoms with Crippen molar-refractivity contribution in [3.8, 4) is 0 Å². The summed E-state index contributed by atoms with van der Waals surface area (Å²) in [6.07, 6.45) is 2.98. The molecular formula is C27H35N3O5S. The van der Waals surface area contributed by atoms with Gasteiger partial charge in [-0.25, -0.2) is 4.79 Å². The van der Waals surface area contributed by atoms with Crippen LogP contribution in [0.25, 0.3) is 0 Å². The summed E-state index contributed by atoms with van der Waals surface area (Å²) < 4.78 is 0. The molecule has 1 aliphatic rings. The van der Waals surface area contributed by atoms with Crippen molar-refractivity contribution in [3.05, 3.63) is 52.2 Å². The summed E-state index contributed by atoms with van der Waals surface area (Å²) in [5.74, 6) is -1.13. The first-order chi connectivity index (χ1) is 17.2. The summed E-state index contributed by atoms with van der Waals surface area (Å²) in [6.45, 7) is 2.20. The predicted octanol–water partition coefficient (Wildman–Crippen LogP) is 4.14. The molecule has 8 nitrogen and oxygen atoms in total. The molecule has 194 valence electrons. The third-order valence-corrected chi connectivity index (χ3v) is 7.82. The van der Waals surface area contributed by atoms with Crippen molar-refractivity contribution in [2.45, 2.75) is 64.4 Å². The van der Waals surface area contributed by atoms with Crippen molar-refractivity contribution in [1.82, 2.24) is 5.32 Å². The number of ketones is 2. The van der Waals surface area contributed by atoms with Crippen LogP contribution in [0.15, 0.2) is 41.1 Å². The number of carbonyl (C=O) groups excluding carboxylic acids is 4. The maximum Gasteiger partial charge on any atom is 0.312 e. The van der Waals surface area contributed by atoms with Crippen molar-refractivity contribution >= 4 is 40.5 Å². The first-order valence-electron chi connectivity index (χ1n) is 12.4. The Morgan fingerprint density at radius 1 is 1.08 bits per heavy atom. The molecule has 1 aromatic heterocycles. The topological polar surface area (TPSA) is 139 Å². The quantitative estimate of drug-likeness (QED) is 0.222. The van der Waals surface area contributed by atoms with Gasteiger partial charge < -0.3 is 21.5 Å². The molecule has 3 rings (SSSR count). The molecule has 36 heavy (non-hydrogen) atoms. The molecule has 1 aliphatic carbocycles. The SMILES string of the molecule is C[C@@H](CC(=O)C1(C(=O)C[C@@H](CCCNC(N)=O)C(=O)Nc2ccc(CO)cc2)CCC1)c1ccsc1. The highest BCUT2D eigenvalue weighted by Crippen LogP contribution is 2.46. The van der Waals surface area contributed by atoms with Crippen LogP contribution in [0.2, 0.25) is 0 Å². The van der Waals surface area contributed by atoms with Crippen LogP contribution in [0.3, 0.4) is 0 Å². The minimum Gasteiger partial charge on any atom is -0.392 e. The zero-order valence-electron chi connectivity index (χ0n) is 20.6. The third-order valence-electron chi connectivity index (χ3n) is 7.11. The molecule has 1 aromatic carbocycles. The van der Waals surface area contributed by atoms with Gasteiger partial charge in [0, 0.05) is 31.0 Å². The van der Waals surface area contributed by atoms with Gasteiger partial charge >= 0.3 is 6.03 Å². The Morgan fingerprint density at radius 3 is 2.33 bits per heavy atom. The minimum atomic E-state index is -1.00. The lowest BCUT2D eigenvalue weighted by Crippen LogP contribution is -2.47. The van der Waals surface area contributed by atoms with E-state index in [-0.39, 0.29) is 36.4 Å². The molecule has 0 saturated heterocycles. The fourth-order valence-corrected chi connectivity index (χ4v) is 5.42. The molecule has 0 aliphatic heterocycles. The number of hydrogen-bond acceptors (Lipinski definition) is 6. The molecule has 0 bridgehead atoms. The van der Waals surface area contributed by atoms with E-state index in [0.717, 1.165) is 17.5 Å². The smallest absolute Gasteiger partial charge is 0.312 e. The van der Waals surface area contributed by atoms with E-state index < -0.39 is 17.4 Å². The largest absolute Gasteiger partial charge is 0.392 e. The highest BCUT2D eigenvalue weighted by Gasteiger charge is 2.50. The lowest BCUT2D eigenvalue weighted by molar-refractivity contribution is -0.148. The van der Waals surface area contributed by atoms with Gasteiger partial charge in [-0.3, -0.25) is 14.4 Å². The van der Waals surface area contributed by atoms with Gasteiger partial charge in [-0.1, -0.05) is 25.5 Å². The molecule has 2 atom stereocenters. The summed E-state index contributed by atoms with van der Waals surface area (Å²) >= 11 is 1.58. The average molecular weight is 514 g/mol. The van der Waals surface area contributed by atoms with Crippen LogP contribution < -0.4 is 16.4 Å². The van der Waals surface area contributed by atoms with E-state index in [1.807, 2.05) is 23.8 Å². The second kappa shape index (κ2) is 12.8. The van der Waals surface area contributed by atoms with Crippen molar-refractivity contribution in [1.29, 1.82) is 0 Å². The highest BCUT2D eigenvalue weighted by molar-refractivity contribution is 7.08. The predicted molar refractivity (Wildman–Crippen MR) is 140 cm³/mol. The molecule has 9 heteroatoms. The van der Waals surface area contributed by atoms with Gasteiger partial charge in [0.25, 0.3) is 0 Å². The summed E-state index contributed by atoms with van der Waals surface area (Å²) in [7, 11) is 0. The number of amides is 3. The van der Waals surface area contributed by atoms with E-state index in [1.54, 1.807) is 35.6 Å². The molecule has 5 N–H and O–H groups in total. The monoisotopic (exact) mass is 513 g/mol. The van der Waals surface area contributed by atoms with E-state index in [0.29, 0.717) is 44.3 Å². The van der Waals surface area contributed by atoms with E-state index in [9.17, 15) is 24.3 Å². The van der Waals surface area contributed by atoms with Crippen molar-refractivity contribution in [2.75, 3.05) is 11.9 Å². The lowest BCUT2D eigenvalue weighted by atomic mass is 9.60. The van der Waals surface area contributed by atoms with Crippen LogP contribution in [-0.2, 0) is 21.0 Å². The molecule has 0 unspecified atom stereocenters. The Bertz CT molecular complexity index is 1050. The number of urea groups is 1. The van der Waals surface area contributed by atoms with Gasteiger partial charge in [-0.05, 0) is 71.7 Å². The zero-order valence-corrected chi connectivity index (χ0v) is 21.4. The molecular weight excluding hydrogens is 478 g/mol. The summed E-state index contributed by atoms with van der Waals surface area (Å²) in [5.41, 5.74) is 6.51. The number of nitrogens with two attached hydrogens (primary N) is 1. The average Bonchev–Trinajstić information content (AvgIpc) is 3.36. The maximum absolute atomic E-state index is 13.5. The van der Waals surface area contributed by atoms with Gasteiger partial charge in [0.05, 0.1) is 12.0 Å². The van der Waals surface area contributed by atoms with E-state index in [1.165, 1.54) is 0 Å². The fourth-order valence-electron chi connectivity index (χ4n) is 4.63. The molecule has 2 aromatic rings. The standard InChI is InChI=1S/C27H35N3O5S/c1-18(21-9-13-36-17-21)14-23(32)27(10-3-11-27)24(33)15-20(4-2-12-29-26(28)35)25(34)30-22-7-5-19(16-31)6-8-22/h5-9,13,17-18,20,31H,2-4,10-12,14-16H2,1H3,(H,30,34)(H3,28,29,35)/t18-,20+/m0/s1. The lowest BCUT2D eigenvalue weighted by Gasteiger charge is -2.40. The molecule has 0 radical (unpaired) electrons. The van der Waals surface area contributed by atoms with Crippen molar-refractivity contribution in [3.63, 3.8) is 0 Å². The van der Waals surface area contributed by atoms with E-state index in [4.69, 9.17) is 5.73 Å². The molecule has 3 amide bonds. The Balaban J connectivity index is 1.69. The number of benzene rings is 1. The van der Waals surface area contributed by atoms with Gasteiger partial charge in [-0.2, -0.15) is 11.3 Å². The van der Waals surface area contributed by atoms with Crippen LogP contribution in [0, 0.1) is 11.3 Å². The Hall–Kier alpha value is -3.04. The van der Waals surface area contributed by atoms with Crippen LogP contribution in [0.4, 0.5) is 10.5 Å². The van der Waals surface area contributed by atoms with Crippen LogP contribution in [0.5, 0.6) is 0 Å². The maximum atomic E-state index is 13.5. The van der Waals surface area contributed by atoms with Crippen molar-refractivity contribution < 1.29 is 24.3 Å². The number of hydrogen-bond donors (Lipinski definition) is 4. The number of aliphatic hydroxyl groups excluding tert-OH is 1. The number of anilines is 1. The first kappa shape index (κ1) is 27.5. The van der Waals surface area contributed by atoms with Crippen LogP contribution in [-0.4, -0.2) is 35.2 Å². The highest BCUT2D eigenvalue weighted by atomic mass is 32.1. The van der Waals surface area contributed by atoms with Gasteiger partial charge in [0.15, 0.2) is 0 Å². The zero-order chi connectivity index (χ0) is 26.1. The van der Waals surface area contributed by atoms with E-state index >= 15 is 0 Å². The Kier molecular flexibility index (Phi) is 9.78. The molecule has 1 heterocycles. The second-order valence-electron chi connectivity index (χ2n) is 9.62. The van der Waals surface area contributed by atoms with Gasteiger partial charge in [0.2, 0.25) is 5.91 Å². The number of rotatable bonds is 14. The Labute approximate surface area is 215 Å². The van der Waals surface area contributed by atoms with E-state index in [2.05, 4.69) is 10.6 Å². The normalized spacial score (nSPS) is 15.8. The summed E-state index contributed by atoms with van der Waals surface area (Å²) in [4.78, 5) is 51.0. The molecule has 0 spiro atoms. The molecule has 1 fully saturated rings. The van der Waals surface area contributed by atoms with Crippen LogP contribution >= 0.6 is 11.3 Å². The number of thiophene rings is 1. The minimum absolute atomic E-state index is 0.0320. The number of carbonyl (C=O) groups is 4. The number of Topliss-reactive ketones (excluding diaryl/α,β-unsaturated/α-hetero) is 2. The summed E-state index contributed by atoms with van der Waals surface area (Å²) in [6, 6.07) is 8.17. The summed E-state index contributed by atoms with van der Waals surface area (Å²) in [5, 5.41) is 18.6. The number of primary amides is 1. The van der Waals surface area contributed by atoms with Crippen LogP contribution in [0.1, 0.15) is 68.9 Å². The third kappa shape index (κ3) is 7.01. The van der Waals surface area contributed by atoms with Crippen molar-refractivity contribution in [2.24, 2.45) is 17.1 Å². The number of nitrogens with one attached hydrogen (secondary N) is 2. The number of aliphatic hydroxyl groups is 1. The second-order valence-corrected chi connectivity index (χ2v) is 10.4. The fraction of sp³-hybridized carbons (Fsp3) is 0.481. The van der Waals surface area contributed by atoms with Gasteiger partial charge in [0.1, 0.15) is 11.6 Å². The molecule has 1 saturated carbocycles. The van der Waals surface area contributed by atoms with Gasteiger partial charge in [-0.15, -0.1) is 0 Å². The Morgan fingerprint density at radius 2 is 1.78 bits per heavy atom.